The number of benzene rings is 1. The van der Waals surface area contributed by atoms with Crippen molar-refractivity contribution in [1.29, 1.82) is 0 Å². The predicted octanol–water partition coefficient (Wildman–Crippen LogP) is 4.41. The normalized spacial score (nSPS) is 10.8. The quantitative estimate of drug-likeness (QED) is 0.643. The van der Waals surface area contributed by atoms with E-state index < -0.39 is 6.61 Å². The number of nitrogens with one attached hydrogen (secondary N) is 1. The van der Waals surface area contributed by atoms with Crippen LogP contribution in [0.4, 0.5) is 8.78 Å². The van der Waals surface area contributed by atoms with E-state index in [0.717, 1.165) is 9.88 Å². The molecule has 0 aliphatic heterocycles. The van der Waals surface area contributed by atoms with Crippen molar-refractivity contribution in [1.82, 2.24) is 10.3 Å². The molecule has 1 aromatic carbocycles. The van der Waals surface area contributed by atoms with Gasteiger partial charge in [-0.3, -0.25) is 4.79 Å². The molecule has 2 aromatic heterocycles. The number of nitrogens with zero attached hydrogens (tertiary/aromatic N) is 1. The molecule has 2 heterocycles. The molecule has 0 bridgehead atoms. The summed E-state index contributed by atoms with van der Waals surface area (Å²) in [5, 5.41) is 7.19. The predicted molar refractivity (Wildman–Crippen MR) is 96.2 cm³/mol. The van der Waals surface area contributed by atoms with Gasteiger partial charge in [-0.15, -0.1) is 22.7 Å². The van der Waals surface area contributed by atoms with Gasteiger partial charge < -0.3 is 14.8 Å². The molecule has 0 saturated heterocycles. The molecule has 0 radical (unpaired) electrons. The lowest BCUT2D eigenvalue weighted by Crippen LogP contribution is -2.23. The molecule has 0 unspecified atom stereocenters. The summed E-state index contributed by atoms with van der Waals surface area (Å²) in [7, 11) is 1.36. The number of alkyl halides is 2. The fourth-order valence-corrected chi connectivity index (χ4v) is 3.79. The van der Waals surface area contributed by atoms with Crippen molar-refractivity contribution >= 4 is 28.6 Å². The summed E-state index contributed by atoms with van der Waals surface area (Å²) in [5.41, 5.74) is 1.02. The Morgan fingerprint density at radius 2 is 2.12 bits per heavy atom. The molecular weight excluding hydrogens is 382 g/mol. The molecule has 0 atom stereocenters. The third-order valence-electron chi connectivity index (χ3n) is 3.37. The third-order valence-corrected chi connectivity index (χ3v) is 5.25. The summed E-state index contributed by atoms with van der Waals surface area (Å²) < 4.78 is 34.1. The maximum Gasteiger partial charge on any atom is 0.387 e. The Morgan fingerprint density at radius 1 is 1.27 bits per heavy atom. The average Bonchev–Trinajstić information content (AvgIpc) is 3.31. The zero-order valence-electron chi connectivity index (χ0n) is 13.6. The van der Waals surface area contributed by atoms with Gasteiger partial charge in [0.2, 0.25) is 0 Å². The average molecular weight is 396 g/mol. The molecule has 1 N–H and O–H groups in total. The first-order chi connectivity index (χ1) is 12.6. The number of carbonyl (C=O) groups is 1. The van der Waals surface area contributed by atoms with E-state index in [4.69, 9.17) is 4.74 Å². The fourth-order valence-electron chi connectivity index (χ4n) is 2.18. The van der Waals surface area contributed by atoms with Crippen LogP contribution in [-0.4, -0.2) is 24.6 Å². The van der Waals surface area contributed by atoms with E-state index in [9.17, 15) is 13.6 Å². The molecule has 3 aromatic rings. The SMILES string of the molecule is COc1cc(CNC(=O)c2csc(-c3cccs3)n2)ccc1OC(F)F. The maximum atomic E-state index is 12.3. The minimum atomic E-state index is -2.93. The Bertz CT molecular complexity index is 882. The van der Waals surface area contributed by atoms with Gasteiger partial charge in [0.15, 0.2) is 11.5 Å². The summed E-state index contributed by atoms with van der Waals surface area (Å²) >= 11 is 2.96. The van der Waals surface area contributed by atoms with E-state index in [1.165, 1.54) is 30.6 Å². The third kappa shape index (κ3) is 4.36. The molecule has 0 spiro atoms. The number of ether oxygens (including phenoxy) is 2. The maximum absolute atomic E-state index is 12.3. The Kier molecular flexibility index (Phi) is 5.79. The second-order valence-electron chi connectivity index (χ2n) is 5.06. The largest absolute Gasteiger partial charge is 0.493 e. The lowest BCUT2D eigenvalue weighted by Gasteiger charge is -2.11. The van der Waals surface area contributed by atoms with Crippen molar-refractivity contribution in [3.8, 4) is 21.4 Å². The molecule has 9 heteroatoms. The van der Waals surface area contributed by atoms with Gasteiger partial charge in [-0.05, 0) is 29.1 Å². The highest BCUT2D eigenvalue weighted by molar-refractivity contribution is 7.20. The van der Waals surface area contributed by atoms with Gasteiger partial charge >= 0.3 is 6.61 Å². The Labute approximate surface area is 156 Å². The van der Waals surface area contributed by atoms with Crippen LogP contribution in [0.2, 0.25) is 0 Å². The van der Waals surface area contributed by atoms with Crippen LogP contribution in [0, 0.1) is 0 Å². The van der Waals surface area contributed by atoms with E-state index in [2.05, 4.69) is 15.0 Å². The Hall–Kier alpha value is -2.52. The number of rotatable bonds is 7. The van der Waals surface area contributed by atoms with Crippen LogP contribution < -0.4 is 14.8 Å². The van der Waals surface area contributed by atoms with Crippen molar-refractivity contribution in [3.63, 3.8) is 0 Å². The number of aromatic nitrogens is 1. The number of thiophene rings is 1. The van der Waals surface area contributed by atoms with Crippen molar-refractivity contribution in [2.45, 2.75) is 13.2 Å². The number of hydrogen-bond acceptors (Lipinski definition) is 6. The molecule has 5 nitrogen and oxygen atoms in total. The van der Waals surface area contributed by atoms with Gasteiger partial charge in [0.1, 0.15) is 10.7 Å². The van der Waals surface area contributed by atoms with Crippen molar-refractivity contribution in [2.24, 2.45) is 0 Å². The smallest absolute Gasteiger partial charge is 0.387 e. The first-order valence-electron chi connectivity index (χ1n) is 7.46. The monoisotopic (exact) mass is 396 g/mol. The second-order valence-corrected chi connectivity index (χ2v) is 6.87. The van der Waals surface area contributed by atoms with Crippen LogP contribution in [0.15, 0.2) is 41.1 Å². The number of amides is 1. The zero-order valence-corrected chi connectivity index (χ0v) is 15.2. The molecule has 0 aliphatic carbocycles. The number of carbonyl (C=O) groups excluding carboxylic acids is 1. The summed E-state index contributed by atoms with van der Waals surface area (Å²) in [6, 6.07) is 8.37. The molecule has 3 rings (SSSR count). The van der Waals surface area contributed by atoms with Crippen molar-refractivity contribution in [2.75, 3.05) is 7.11 Å². The fraction of sp³-hybridized carbons (Fsp3) is 0.176. The number of thiazole rings is 1. The lowest BCUT2D eigenvalue weighted by molar-refractivity contribution is -0.0512. The molecule has 136 valence electrons. The Morgan fingerprint density at radius 3 is 2.81 bits per heavy atom. The standard InChI is InChI=1S/C17H14F2N2O3S2/c1-23-13-7-10(4-5-12(13)24-17(18)19)8-20-15(22)11-9-26-16(21-11)14-3-2-6-25-14/h2-7,9,17H,8H2,1H3,(H,20,22). The molecule has 26 heavy (non-hydrogen) atoms. The summed E-state index contributed by atoms with van der Waals surface area (Å²) in [4.78, 5) is 17.6. The summed E-state index contributed by atoms with van der Waals surface area (Å²) in [6.07, 6.45) is 0. The van der Waals surface area contributed by atoms with E-state index in [1.54, 1.807) is 22.8 Å². The van der Waals surface area contributed by atoms with Gasteiger partial charge in [-0.1, -0.05) is 12.1 Å². The first-order valence-corrected chi connectivity index (χ1v) is 9.22. The molecule has 0 aliphatic rings. The van der Waals surface area contributed by atoms with Crippen LogP contribution in [0.3, 0.4) is 0 Å². The first kappa shape index (κ1) is 18.3. The van der Waals surface area contributed by atoms with Gasteiger partial charge in [0.25, 0.3) is 5.91 Å². The molecule has 0 saturated carbocycles. The zero-order chi connectivity index (χ0) is 18.5. The van der Waals surface area contributed by atoms with E-state index in [1.807, 2.05) is 17.5 Å². The van der Waals surface area contributed by atoms with Crippen LogP contribution >= 0.6 is 22.7 Å². The number of halogens is 2. The molecular formula is C17H14F2N2O3S2. The number of methoxy groups -OCH3 is 1. The van der Waals surface area contributed by atoms with Gasteiger partial charge in [0.05, 0.1) is 12.0 Å². The van der Waals surface area contributed by atoms with Crippen LogP contribution in [0.1, 0.15) is 16.1 Å². The van der Waals surface area contributed by atoms with Crippen LogP contribution in [0.25, 0.3) is 9.88 Å². The highest BCUT2D eigenvalue weighted by atomic mass is 32.1. The van der Waals surface area contributed by atoms with Crippen LogP contribution in [-0.2, 0) is 6.54 Å². The van der Waals surface area contributed by atoms with E-state index in [-0.39, 0.29) is 24.0 Å². The minimum absolute atomic E-state index is 0.0577. The van der Waals surface area contributed by atoms with Crippen LogP contribution in [0.5, 0.6) is 11.5 Å². The summed E-state index contributed by atoms with van der Waals surface area (Å²) in [6.45, 7) is -2.73. The van der Waals surface area contributed by atoms with Gasteiger partial charge in [-0.2, -0.15) is 8.78 Å². The van der Waals surface area contributed by atoms with Gasteiger partial charge in [-0.25, -0.2) is 4.98 Å². The Balaban J connectivity index is 1.64. The second kappa shape index (κ2) is 8.24. The lowest BCUT2D eigenvalue weighted by atomic mass is 10.2. The molecule has 1 amide bonds. The topological polar surface area (TPSA) is 60.5 Å². The summed E-state index contributed by atoms with van der Waals surface area (Å²) in [5.74, 6) is -0.195. The van der Waals surface area contributed by atoms with Gasteiger partial charge in [0, 0.05) is 11.9 Å². The minimum Gasteiger partial charge on any atom is -0.493 e. The van der Waals surface area contributed by atoms with E-state index in [0.29, 0.717) is 11.3 Å². The van der Waals surface area contributed by atoms with Crippen molar-refractivity contribution < 1.29 is 23.0 Å². The highest BCUT2D eigenvalue weighted by Gasteiger charge is 2.14. The van der Waals surface area contributed by atoms with Crippen molar-refractivity contribution in [3.05, 3.63) is 52.3 Å². The highest BCUT2D eigenvalue weighted by Crippen LogP contribution is 2.30. The molecule has 0 fully saturated rings. The van der Waals surface area contributed by atoms with E-state index >= 15 is 0 Å². The number of hydrogen-bond donors (Lipinski definition) is 1.